The number of carbonyl (C=O) groups is 2. The Morgan fingerprint density at radius 1 is 0.447 bits per heavy atom. The second-order valence-electron chi connectivity index (χ2n) is 12.0. The normalized spacial score (nSPS) is 12.1. The highest BCUT2D eigenvalue weighted by Gasteiger charge is 2.12. The number of ketones is 1. The van der Waals surface area contributed by atoms with Gasteiger partial charge in [0, 0.05) is 19.3 Å². The first-order valence-electron chi connectivity index (χ1n) is 17.3. The Morgan fingerprint density at radius 2 is 0.816 bits per heavy atom. The van der Waals surface area contributed by atoms with Crippen molar-refractivity contribution in [2.24, 2.45) is 5.92 Å². The third-order valence-electron chi connectivity index (χ3n) is 8.06. The number of hydrogen-bond acceptors (Lipinski definition) is 3. The maximum Gasteiger partial charge on any atom is 0.305 e. The van der Waals surface area contributed by atoms with Gasteiger partial charge < -0.3 is 4.74 Å². The highest BCUT2D eigenvalue weighted by Crippen LogP contribution is 2.19. The predicted molar refractivity (Wildman–Crippen MR) is 166 cm³/mol. The van der Waals surface area contributed by atoms with E-state index in [1.807, 2.05) is 0 Å². The minimum atomic E-state index is 0.000906. The molecule has 0 aliphatic rings. The molecule has 0 amide bonds. The molecule has 1 atom stereocenters. The average Bonchev–Trinajstić information content (AvgIpc) is 2.92. The number of ether oxygens (including phenoxy) is 1. The highest BCUT2D eigenvalue weighted by molar-refractivity contribution is 5.78. The van der Waals surface area contributed by atoms with Crippen molar-refractivity contribution >= 4 is 11.8 Å². The summed E-state index contributed by atoms with van der Waals surface area (Å²) >= 11 is 0. The van der Waals surface area contributed by atoms with E-state index in [2.05, 4.69) is 20.8 Å². The summed E-state index contributed by atoms with van der Waals surface area (Å²) in [6.07, 6.45) is 33.4. The summed E-state index contributed by atoms with van der Waals surface area (Å²) in [4.78, 5) is 24.3. The number of unbranched alkanes of at least 4 members (excludes halogenated alkanes) is 19. The number of rotatable bonds is 31. The van der Waals surface area contributed by atoms with E-state index in [0.29, 0.717) is 24.7 Å². The van der Waals surface area contributed by atoms with Crippen LogP contribution in [0.3, 0.4) is 0 Å². The Bertz CT molecular complexity index is 501. The van der Waals surface area contributed by atoms with Crippen LogP contribution in [-0.2, 0) is 14.3 Å². The van der Waals surface area contributed by atoms with Crippen molar-refractivity contribution in [1.82, 2.24) is 0 Å². The molecule has 226 valence electrons. The molecule has 0 heterocycles. The summed E-state index contributed by atoms with van der Waals surface area (Å²) in [6, 6.07) is 0. The fraction of sp³-hybridized carbons (Fsp3) is 0.943. The molecule has 0 aliphatic carbocycles. The van der Waals surface area contributed by atoms with Gasteiger partial charge in [0.2, 0.25) is 0 Å². The van der Waals surface area contributed by atoms with Crippen LogP contribution < -0.4 is 0 Å². The van der Waals surface area contributed by atoms with E-state index >= 15 is 0 Å². The molecule has 0 N–H and O–H groups in total. The van der Waals surface area contributed by atoms with Crippen molar-refractivity contribution in [3.63, 3.8) is 0 Å². The Balaban J connectivity index is 3.50. The van der Waals surface area contributed by atoms with Crippen molar-refractivity contribution in [3.8, 4) is 0 Å². The molecule has 3 nitrogen and oxygen atoms in total. The molecule has 0 bridgehead atoms. The zero-order valence-corrected chi connectivity index (χ0v) is 26.3. The van der Waals surface area contributed by atoms with E-state index in [1.165, 1.54) is 135 Å². The topological polar surface area (TPSA) is 43.4 Å². The molecule has 0 aliphatic heterocycles. The van der Waals surface area contributed by atoms with Gasteiger partial charge in [0.15, 0.2) is 0 Å². The van der Waals surface area contributed by atoms with Crippen LogP contribution in [0.15, 0.2) is 0 Å². The van der Waals surface area contributed by atoms with E-state index in [9.17, 15) is 9.59 Å². The van der Waals surface area contributed by atoms with Crippen LogP contribution in [0, 0.1) is 5.92 Å². The van der Waals surface area contributed by atoms with Crippen molar-refractivity contribution in [3.05, 3.63) is 0 Å². The number of Topliss-reactive ketones (excluding diaryl/α,β-unsaturated/α-hetero) is 1. The van der Waals surface area contributed by atoms with Gasteiger partial charge in [-0.1, -0.05) is 149 Å². The fourth-order valence-corrected chi connectivity index (χ4v) is 5.36. The SMILES string of the molecule is CCCCCCCCCCCCC(=O)CCCCCCCCCC(=O)OCC(CCCC)CCCCCC. The van der Waals surface area contributed by atoms with E-state index in [1.54, 1.807) is 0 Å². The molecule has 0 aromatic heterocycles. The van der Waals surface area contributed by atoms with E-state index < -0.39 is 0 Å². The highest BCUT2D eigenvalue weighted by atomic mass is 16.5. The molecule has 0 rings (SSSR count). The Kier molecular flexibility index (Phi) is 30.0. The summed E-state index contributed by atoms with van der Waals surface area (Å²) in [5.41, 5.74) is 0. The van der Waals surface area contributed by atoms with Gasteiger partial charge in [0.1, 0.15) is 5.78 Å². The van der Waals surface area contributed by atoms with Crippen molar-refractivity contribution in [2.75, 3.05) is 6.61 Å². The van der Waals surface area contributed by atoms with Gasteiger partial charge in [0.05, 0.1) is 6.61 Å². The van der Waals surface area contributed by atoms with Crippen LogP contribution in [0.2, 0.25) is 0 Å². The lowest BCUT2D eigenvalue weighted by molar-refractivity contribution is -0.145. The lowest BCUT2D eigenvalue weighted by atomic mass is 9.96. The zero-order valence-electron chi connectivity index (χ0n) is 26.3. The van der Waals surface area contributed by atoms with Gasteiger partial charge in [-0.05, 0) is 38.0 Å². The van der Waals surface area contributed by atoms with Gasteiger partial charge in [-0.25, -0.2) is 0 Å². The quantitative estimate of drug-likeness (QED) is 0.0653. The largest absolute Gasteiger partial charge is 0.465 e. The average molecular weight is 537 g/mol. The molecule has 1 unspecified atom stereocenters. The summed E-state index contributed by atoms with van der Waals surface area (Å²) in [6.45, 7) is 7.38. The smallest absolute Gasteiger partial charge is 0.305 e. The molecule has 0 aromatic rings. The van der Waals surface area contributed by atoms with E-state index in [0.717, 1.165) is 38.5 Å². The minimum absolute atomic E-state index is 0.000906. The van der Waals surface area contributed by atoms with Gasteiger partial charge in [0.25, 0.3) is 0 Å². The van der Waals surface area contributed by atoms with Gasteiger partial charge in [-0.15, -0.1) is 0 Å². The monoisotopic (exact) mass is 537 g/mol. The maximum absolute atomic E-state index is 12.2. The maximum atomic E-state index is 12.2. The summed E-state index contributed by atoms with van der Waals surface area (Å²) < 4.78 is 5.64. The second kappa shape index (κ2) is 30.7. The third kappa shape index (κ3) is 28.2. The summed E-state index contributed by atoms with van der Waals surface area (Å²) in [5, 5.41) is 0. The zero-order chi connectivity index (χ0) is 27.9. The molecule has 38 heavy (non-hydrogen) atoms. The Hall–Kier alpha value is -0.860. The molecule has 3 heteroatoms. The van der Waals surface area contributed by atoms with Gasteiger partial charge >= 0.3 is 5.97 Å². The molecule has 0 fully saturated rings. The molecular formula is C35H68O3. The minimum Gasteiger partial charge on any atom is -0.465 e. The lowest BCUT2D eigenvalue weighted by Gasteiger charge is -2.16. The molecular weight excluding hydrogens is 468 g/mol. The van der Waals surface area contributed by atoms with Gasteiger partial charge in [-0.2, -0.15) is 0 Å². The van der Waals surface area contributed by atoms with E-state index in [4.69, 9.17) is 4.74 Å². The first-order chi connectivity index (χ1) is 18.6. The first kappa shape index (κ1) is 37.1. The predicted octanol–water partition coefficient (Wildman–Crippen LogP) is 11.7. The van der Waals surface area contributed by atoms with Crippen molar-refractivity contribution < 1.29 is 14.3 Å². The Labute approximate surface area is 239 Å². The second-order valence-corrected chi connectivity index (χ2v) is 12.0. The Morgan fingerprint density at radius 3 is 1.29 bits per heavy atom. The van der Waals surface area contributed by atoms with Crippen LogP contribution in [-0.4, -0.2) is 18.4 Å². The van der Waals surface area contributed by atoms with Crippen LogP contribution in [0.25, 0.3) is 0 Å². The number of carbonyl (C=O) groups excluding carboxylic acids is 2. The lowest BCUT2D eigenvalue weighted by Crippen LogP contribution is -2.14. The van der Waals surface area contributed by atoms with Crippen LogP contribution in [0.4, 0.5) is 0 Å². The van der Waals surface area contributed by atoms with Gasteiger partial charge in [-0.3, -0.25) is 9.59 Å². The fourth-order valence-electron chi connectivity index (χ4n) is 5.36. The standard InChI is InChI=1S/C35H68O3/c1-4-7-10-12-13-14-15-17-20-24-29-34(36)30-25-21-18-16-19-22-26-31-35(37)38-32-33(27-9-6-3)28-23-11-8-5-2/h33H,4-32H2,1-3H3. The van der Waals surface area contributed by atoms with Crippen molar-refractivity contribution in [2.45, 2.75) is 201 Å². The first-order valence-corrected chi connectivity index (χ1v) is 17.3. The van der Waals surface area contributed by atoms with Crippen LogP contribution in [0.1, 0.15) is 201 Å². The summed E-state index contributed by atoms with van der Waals surface area (Å²) in [7, 11) is 0. The molecule has 0 saturated heterocycles. The third-order valence-corrected chi connectivity index (χ3v) is 8.06. The number of hydrogen-bond donors (Lipinski definition) is 0. The van der Waals surface area contributed by atoms with Crippen LogP contribution >= 0.6 is 0 Å². The van der Waals surface area contributed by atoms with E-state index in [-0.39, 0.29) is 5.97 Å². The van der Waals surface area contributed by atoms with Crippen molar-refractivity contribution in [1.29, 1.82) is 0 Å². The number of esters is 1. The summed E-state index contributed by atoms with van der Waals surface area (Å²) in [5.74, 6) is 1.03. The molecule has 0 spiro atoms. The van der Waals surface area contributed by atoms with Crippen LogP contribution in [0.5, 0.6) is 0 Å². The molecule has 0 aromatic carbocycles. The molecule has 0 saturated carbocycles. The molecule has 0 radical (unpaired) electrons.